The quantitative estimate of drug-likeness (QED) is 0.894. The predicted octanol–water partition coefficient (Wildman–Crippen LogP) is 2.08. The number of hydrogen-bond donors (Lipinski definition) is 2. The van der Waals surface area contributed by atoms with Gasteiger partial charge in [-0.1, -0.05) is 12.1 Å². The molecule has 0 heterocycles. The zero-order valence-corrected chi connectivity index (χ0v) is 11.6. The Balaban J connectivity index is 2.21. The molecule has 0 radical (unpaired) electrons. The highest BCUT2D eigenvalue weighted by Gasteiger charge is 2.63. The van der Waals surface area contributed by atoms with Crippen LogP contribution in [0.3, 0.4) is 0 Å². The van der Waals surface area contributed by atoms with Crippen LogP contribution < -0.4 is 10.5 Å². The van der Waals surface area contributed by atoms with E-state index >= 15 is 0 Å². The number of nitrogens with two attached hydrogens (primary N) is 1. The Morgan fingerprint density at radius 1 is 1.35 bits per heavy atom. The van der Waals surface area contributed by atoms with Crippen LogP contribution in [0.15, 0.2) is 29.2 Å². The van der Waals surface area contributed by atoms with Gasteiger partial charge in [0, 0.05) is 6.04 Å². The van der Waals surface area contributed by atoms with Gasteiger partial charge in [-0.3, -0.25) is 5.32 Å². The first-order valence-electron chi connectivity index (χ1n) is 6.02. The van der Waals surface area contributed by atoms with Crippen molar-refractivity contribution in [3.8, 4) is 0 Å². The van der Waals surface area contributed by atoms with E-state index < -0.39 is 27.8 Å². The standard InChI is InChI=1S/C12H15F3N2O2S/c1-8(17-11(5-6-11)12(13,14)15)9-3-2-4-10(7-9)20(16,18)19/h2-4,7-8,17H,5-6H2,1H3,(H2,16,18,19). The molecule has 1 aliphatic carbocycles. The maximum atomic E-state index is 12.9. The van der Waals surface area contributed by atoms with Crippen LogP contribution in [-0.2, 0) is 10.0 Å². The van der Waals surface area contributed by atoms with Crippen molar-refractivity contribution in [2.24, 2.45) is 5.14 Å². The third-order valence-electron chi connectivity index (χ3n) is 3.47. The molecule has 1 unspecified atom stereocenters. The summed E-state index contributed by atoms with van der Waals surface area (Å²) in [6, 6.07) is 5.00. The van der Waals surface area contributed by atoms with Crippen molar-refractivity contribution in [3.05, 3.63) is 29.8 Å². The van der Waals surface area contributed by atoms with E-state index in [1.54, 1.807) is 13.0 Å². The van der Waals surface area contributed by atoms with Crippen molar-refractivity contribution < 1.29 is 21.6 Å². The van der Waals surface area contributed by atoms with Crippen molar-refractivity contribution >= 4 is 10.0 Å². The molecule has 8 heteroatoms. The summed E-state index contributed by atoms with van der Waals surface area (Å²) in [6.45, 7) is 1.56. The second kappa shape index (κ2) is 4.71. The van der Waals surface area contributed by atoms with E-state index in [0.717, 1.165) is 0 Å². The minimum Gasteiger partial charge on any atom is -0.297 e. The molecular weight excluding hydrogens is 293 g/mol. The molecule has 2 rings (SSSR count). The summed E-state index contributed by atoms with van der Waals surface area (Å²) in [5, 5.41) is 7.55. The van der Waals surface area contributed by atoms with Crippen LogP contribution >= 0.6 is 0 Å². The van der Waals surface area contributed by atoms with Gasteiger partial charge in [-0.05, 0) is 37.5 Å². The molecule has 0 bridgehead atoms. The van der Waals surface area contributed by atoms with Gasteiger partial charge in [-0.2, -0.15) is 13.2 Å². The smallest absolute Gasteiger partial charge is 0.297 e. The lowest BCUT2D eigenvalue weighted by atomic mass is 10.1. The molecule has 0 saturated heterocycles. The van der Waals surface area contributed by atoms with E-state index in [0.29, 0.717) is 5.56 Å². The first-order valence-corrected chi connectivity index (χ1v) is 7.57. The van der Waals surface area contributed by atoms with Gasteiger partial charge in [0.2, 0.25) is 10.0 Å². The number of sulfonamides is 1. The molecule has 1 aliphatic rings. The Hall–Kier alpha value is -1.12. The summed E-state index contributed by atoms with van der Waals surface area (Å²) in [6.07, 6.45) is -4.23. The third-order valence-corrected chi connectivity index (χ3v) is 4.38. The Morgan fingerprint density at radius 2 is 1.95 bits per heavy atom. The zero-order chi connectivity index (χ0) is 15.2. The fourth-order valence-electron chi connectivity index (χ4n) is 2.09. The van der Waals surface area contributed by atoms with Crippen LogP contribution in [0.1, 0.15) is 31.4 Å². The van der Waals surface area contributed by atoms with Crippen molar-refractivity contribution in [2.45, 2.75) is 42.4 Å². The Bertz CT molecular complexity index is 609. The fraction of sp³-hybridized carbons (Fsp3) is 0.500. The topological polar surface area (TPSA) is 72.2 Å². The van der Waals surface area contributed by atoms with E-state index in [1.165, 1.54) is 18.2 Å². The van der Waals surface area contributed by atoms with Crippen LogP contribution in [-0.4, -0.2) is 20.1 Å². The average molecular weight is 308 g/mol. The van der Waals surface area contributed by atoms with E-state index in [4.69, 9.17) is 5.14 Å². The highest BCUT2D eigenvalue weighted by molar-refractivity contribution is 7.89. The molecule has 3 N–H and O–H groups in total. The summed E-state index contributed by atoms with van der Waals surface area (Å²) in [5.41, 5.74) is -1.39. The summed E-state index contributed by atoms with van der Waals surface area (Å²) < 4.78 is 61.1. The van der Waals surface area contributed by atoms with Gasteiger partial charge >= 0.3 is 6.18 Å². The lowest BCUT2D eigenvalue weighted by molar-refractivity contribution is -0.167. The molecule has 1 atom stereocenters. The van der Waals surface area contributed by atoms with Gasteiger partial charge in [0.15, 0.2) is 0 Å². The SMILES string of the molecule is CC(NC1(C(F)(F)F)CC1)c1cccc(S(N)(=O)=O)c1. The van der Waals surface area contributed by atoms with E-state index in [9.17, 15) is 21.6 Å². The molecule has 1 aromatic rings. The minimum atomic E-state index is -4.31. The van der Waals surface area contributed by atoms with Gasteiger partial charge in [-0.15, -0.1) is 0 Å². The second-order valence-electron chi connectivity index (χ2n) is 5.06. The number of benzene rings is 1. The Morgan fingerprint density at radius 3 is 2.40 bits per heavy atom. The van der Waals surface area contributed by atoms with Gasteiger partial charge in [0.05, 0.1) is 4.90 Å². The number of alkyl halides is 3. The maximum absolute atomic E-state index is 12.9. The molecule has 1 fully saturated rings. The zero-order valence-electron chi connectivity index (χ0n) is 10.7. The number of primary sulfonamides is 1. The average Bonchev–Trinajstić information content (AvgIpc) is 3.08. The van der Waals surface area contributed by atoms with Crippen LogP contribution in [0, 0.1) is 0 Å². The molecule has 112 valence electrons. The highest BCUT2D eigenvalue weighted by atomic mass is 32.2. The van der Waals surface area contributed by atoms with E-state index in [2.05, 4.69) is 5.32 Å². The van der Waals surface area contributed by atoms with Crippen molar-refractivity contribution in [1.82, 2.24) is 5.32 Å². The normalized spacial score (nSPS) is 19.6. The van der Waals surface area contributed by atoms with Crippen molar-refractivity contribution in [3.63, 3.8) is 0 Å². The first-order chi connectivity index (χ1) is 9.05. The Kier molecular flexibility index (Phi) is 3.60. The lowest BCUT2D eigenvalue weighted by Crippen LogP contribution is -2.45. The molecule has 4 nitrogen and oxygen atoms in total. The largest absolute Gasteiger partial charge is 0.406 e. The maximum Gasteiger partial charge on any atom is 0.406 e. The minimum absolute atomic E-state index is 0.0374. The fourth-order valence-corrected chi connectivity index (χ4v) is 2.66. The van der Waals surface area contributed by atoms with Crippen molar-refractivity contribution in [1.29, 1.82) is 0 Å². The van der Waals surface area contributed by atoms with Crippen LogP contribution in [0.4, 0.5) is 13.2 Å². The molecule has 20 heavy (non-hydrogen) atoms. The Labute approximate surface area is 115 Å². The monoisotopic (exact) mass is 308 g/mol. The van der Waals surface area contributed by atoms with Crippen molar-refractivity contribution in [2.75, 3.05) is 0 Å². The van der Waals surface area contributed by atoms with Gasteiger partial charge in [0.25, 0.3) is 0 Å². The van der Waals surface area contributed by atoms with Crippen LogP contribution in [0.2, 0.25) is 0 Å². The van der Waals surface area contributed by atoms with Gasteiger partial charge < -0.3 is 0 Å². The van der Waals surface area contributed by atoms with Gasteiger partial charge in [-0.25, -0.2) is 13.6 Å². The molecular formula is C12H15F3N2O2S. The van der Waals surface area contributed by atoms with E-state index in [1.807, 2.05) is 0 Å². The molecule has 1 saturated carbocycles. The van der Waals surface area contributed by atoms with Gasteiger partial charge in [0.1, 0.15) is 5.54 Å². The summed E-state index contributed by atoms with van der Waals surface area (Å²) in [4.78, 5) is -0.111. The van der Waals surface area contributed by atoms with E-state index in [-0.39, 0.29) is 17.7 Å². The number of halogens is 3. The number of rotatable bonds is 4. The number of hydrogen-bond acceptors (Lipinski definition) is 3. The van der Waals surface area contributed by atoms with Crippen LogP contribution in [0.5, 0.6) is 0 Å². The molecule has 0 aromatic heterocycles. The third kappa shape index (κ3) is 2.97. The van der Waals surface area contributed by atoms with Crippen LogP contribution in [0.25, 0.3) is 0 Å². The number of nitrogens with one attached hydrogen (secondary N) is 1. The summed E-state index contributed by atoms with van der Waals surface area (Å²) >= 11 is 0. The summed E-state index contributed by atoms with van der Waals surface area (Å²) in [5.74, 6) is 0. The summed E-state index contributed by atoms with van der Waals surface area (Å²) in [7, 11) is -3.87. The molecule has 0 amide bonds. The predicted molar refractivity (Wildman–Crippen MR) is 67.4 cm³/mol. The molecule has 1 aromatic carbocycles. The first kappa shape index (κ1) is 15.3. The highest BCUT2D eigenvalue weighted by Crippen LogP contribution is 2.50. The second-order valence-corrected chi connectivity index (χ2v) is 6.62. The lowest BCUT2D eigenvalue weighted by Gasteiger charge is -2.25. The molecule has 0 spiro atoms. The molecule has 0 aliphatic heterocycles.